The van der Waals surface area contributed by atoms with Gasteiger partial charge >= 0.3 is 12.2 Å². The van der Waals surface area contributed by atoms with E-state index >= 15 is 0 Å². The van der Waals surface area contributed by atoms with Gasteiger partial charge in [-0.1, -0.05) is 6.08 Å². The predicted octanol–water partition coefficient (Wildman–Crippen LogP) is 0.923. The first-order valence-electron chi connectivity index (χ1n) is 7.01. The molecule has 2 heterocycles. The van der Waals surface area contributed by atoms with E-state index in [4.69, 9.17) is 10.5 Å². The zero-order valence-corrected chi connectivity index (χ0v) is 11.9. The fraction of sp³-hybridized carbons (Fsp3) is 0.692. The van der Waals surface area contributed by atoms with Crippen LogP contribution >= 0.6 is 0 Å². The molecule has 2 unspecified atom stereocenters. The van der Waals surface area contributed by atoms with E-state index in [9.17, 15) is 22.8 Å². The normalized spacial score (nSPS) is 25.8. The number of alkyl halides is 3. The maximum atomic E-state index is 12.5. The lowest BCUT2D eigenvalue weighted by Crippen LogP contribution is -2.45. The van der Waals surface area contributed by atoms with Crippen LogP contribution in [0.5, 0.6) is 0 Å². The molecule has 3 N–H and O–H groups in total. The van der Waals surface area contributed by atoms with Crippen LogP contribution in [0.15, 0.2) is 11.6 Å². The van der Waals surface area contributed by atoms with Crippen molar-refractivity contribution in [2.45, 2.75) is 37.6 Å². The molecular formula is C13H18F3N3O3. The molecule has 3 amide bonds. The van der Waals surface area contributed by atoms with Crippen molar-refractivity contribution in [3.05, 3.63) is 11.6 Å². The summed E-state index contributed by atoms with van der Waals surface area (Å²) in [5.74, 6) is -0.533. The molecule has 2 aliphatic rings. The summed E-state index contributed by atoms with van der Waals surface area (Å²) >= 11 is 0. The third-order valence-corrected chi connectivity index (χ3v) is 3.77. The first-order valence-corrected chi connectivity index (χ1v) is 7.01. The molecule has 0 radical (unpaired) electrons. The number of primary amides is 1. The van der Waals surface area contributed by atoms with Crippen LogP contribution in [0, 0.1) is 0 Å². The highest BCUT2D eigenvalue weighted by Gasteiger charge is 2.35. The van der Waals surface area contributed by atoms with E-state index in [-0.39, 0.29) is 32.2 Å². The number of rotatable bonds is 3. The highest BCUT2D eigenvalue weighted by atomic mass is 19.4. The molecule has 0 spiro atoms. The highest BCUT2D eigenvalue weighted by molar-refractivity contribution is 5.79. The molecule has 1 fully saturated rings. The van der Waals surface area contributed by atoms with Gasteiger partial charge in [0.25, 0.3) is 0 Å². The Labute approximate surface area is 125 Å². The molecule has 0 aromatic carbocycles. The van der Waals surface area contributed by atoms with Crippen LogP contribution in [0.1, 0.15) is 19.3 Å². The van der Waals surface area contributed by atoms with Gasteiger partial charge in [0.05, 0.1) is 6.10 Å². The van der Waals surface area contributed by atoms with Gasteiger partial charge in [0, 0.05) is 25.2 Å². The van der Waals surface area contributed by atoms with E-state index in [2.05, 4.69) is 5.32 Å². The van der Waals surface area contributed by atoms with Crippen molar-refractivity contribution in [2.24, 2.45) is 5.73 Å². The van der Waals surface area contributed by atoms with E-state index in [1.807, 2.05) is 0 Å². The minimum Gasteiger partial charge on any atom is -0.367 e. The zero-order valence-electron chi connectivity index (χ0n) is 11.9. The first-order chi connectivity index (χ1) is 10.3. The van der Waals surface area contributed by atoms with Crippen molar-refractivity contribution in [3.63, 3.8) is 0 Å². The Morgan fingerprint density at radius 2 is 2.14 bits per heavy atom. The first kappa shape index (κ1) is 16.6. The average Bonchev–Trinajstić information content (AvgIpc) is 2.93. The molecule has 0 aliphatic carbocycles. The van der Waals surface area contributed by atoms with Crippen molar-refractivity contribution >= 4 is 11.9 Å². The summed E-state index contributed by atoms with van der Waals surface area (Å²) in [6.07, 6.45) is -3.33. The molecule has 2 rings (SSSR count). The fourth-order valence-electron chi connectivity index (χ4n) is 2.49. The average molecular weight is 321 g/mol. The Hall–Kier alpha value is -1.77. The predicted molar refractivity (Wildman–Crippen MR) is 70.8 cm³/mol. The molecule has 0 aromatic rings. The van der Waals surface area contributed by atoms with Crippen LogP contribution in [-0.4, -0.2) is 54.9 Å². The molecule has 0 aromatic heterocycles. The summed E-state index contributed by atoms with van der Waals surface area (Å²) in [7, 11) is 0. The Morgan fingerprint density at radius 1 is 1.41 bits per heavy atom. The molecule has 2 aliphatic heterocycles. The van der Waals surface area contributed by atoms with Gasteiger partial charge in [0.2, 0.25) is 5.91 Å². The highest BCUT2D eigenvalue weighted by Crippen LogP contribution is 2.30. The Balaban J connectivity index is 1.75. The third kappa shape index (κ3) is 4.12. The van der Waals surface area contributed by atoms with Gasteiger partial charge in [-0.2, -0.15) is 13.2 Å². The van der Waals surface area contributed by atoms with Crippen LogP contribution < -0.4 is 11.1 Å². The number of hydrogen-bond acceptors (Lipinski definition) is 3. The van der Waals surface area contributed by atoms with Crippen molar-refractivity contribution in [2.75, 3.05) is 19.6 Å². The molecule has 22 heavy (non-hydrogen) atoms. The molecule has 124 valence electrons. The number of urea groups is 1. The summed E-state index contributed by atoms with van der Waals surface area (Å²) in [5.41, 5.74) is 4.53. The van der Waals surface area contributed by atoms with Gasteiger partial charge in [-0.3, -0.25) is 4.79 Å². The summed E-state index contributed by atoms with van der Waals surface area (Å²) in [4.78, 5) is 24.1. The molecule has 2 atom stereocenters. The smallest absolute Gasteiger partial charge is 0.367 e. The van der Waals surface area contributed by atoms with Crippen LogP contribution in [0.25, 0.3) is 0 Å². The Bertz CT molecular complexity index is 479. The number of hydrogen-bond donors (Lipinski definition) is 2. The minimum absolute atomic E-state index is 0.0204. The summed E-state index contributed by atoms with van der Waals surface area (Å²) in [5, 5.41) is 2.61. The van der Waals surface area contributed by atoms with Crippen molar-refractivity contribution in [3.8, 4) is 0 Å². The van der Waals surface area contributed by atoms with E-state index in [1.165, 1.54) is 4.90 Å². The van der Waals surface area contributed by atoms with E-state index in [0.717, 1.165) is 6.08 Å². The number of nitrogens with two attached hydrogens (primary N) is 1. The molecule has 0 saturated carbocycles. The van der Waals surface area contributed by atoms with Gasteiger partial charge in [0.1, 0.15) is 6.10 Å². The number of halogens is 3. The van der Waals surface area contributed by atoms with Crippen molar-refractivity contribution in [1.29, 1.82) is 0 Å². The summed E-state index contributed by atoms with van der Waals surface area (Å²) in [6.45, 7) is 0.150. The van der Waals surface area contributed by atoms with Crippen LogP contribution in [0.3, 0.4) is 0 Å². The monoisotopic (exact) mass is 321 g/mol. The van der Waals surface area contributed by atoms with Crippen LogP contribution in [0.4, 0.5) is 18.0 Å². The number of nitrogens with zero attached hydrogens (tertiary/aromatic N) is 1. The van der Waals surface area contributed by atoms with Crippen LogP contribution in [-0.2, 0) is 9.53 Å². The lowest BCUT2D eigenvalue weighted by Gasteiger charge is -2.27. The standard InChI is InChI=1S/C13H18F3N3O3/c14-13(15,16)8-3-5-19(6-4-8)12(21)18-7-9-1-2-10(22-9)11(17)20/h3,9-10H,1-2,4-7H2,(H2,17,20)(H,18,21). The van der Waals surface area contributed by atoms with Crippen LogP contribution in [0.2, 0.25) is 0 Å². The maximum absolute atomic E-state index is 12.5. The third-order valence-electron chi connectivity index (χ3n) is 3.77. The minimum atomic E-state index is -4.33. The second kappa shape index (κ2) is 6.55. The molecule has 6 nitrogen and oxygen atoms in total. The quantitative estimate of drug-likeness (QED) is 0.758. The lowest BCUT2D eigenvalue weighted by molar-refractivity contribution is -0.128. The second-order valence-corrected chi connectivity index (χ2v) is 5.34. The van der Waals surface area contributed by atoms with Gasteiger partial charge in [-0.05, 0) is 19.3 Å². The number of nitrogens with one attached hydrogen (secondary N) is 1. The zero-order chi connectivity index (χ0) is 16.3. The second-order valence-electron chi connectivity index (χ2n) is 5.34. The van der Waals surface area contributed by atoms with Crippen molar-refractivity contribution in [1.82, 2.24) is 10.2 Å². The molecule has 1 saturated heterocycles. The maximum Gasteiger partial charge on any atom is 0.412 e. The Kier molecular flexibility index (Phi) is 4.94. The lowest BCUT2D eigenvalue weighted by atomic mass is 10.1. The van der Waals surface area contributed by atoms with E-state index < -0.39 is 29.8 Å². The molecular weight excluding hydrogens is 303 g/mol. The van der Waals surface area contributed by atoms with Gasteiger partial charge < -0.3 is 20.7 Å². The number of carbonyl (C=O) groups is 2. The van der Waals surface area contributed by atoms with Gasteiger partial charge in [-0.15, -0.1) is 0 Å². The number of ether oxygens (including phenoxy) is 1. The van der Waals surface area contributed by atoms with E-state index in [0.29, 0.717) is 12.8 Å². The Morgan fingerprint density at radius 3 is 2.64 bits per heavy atom. The number of carbonyl (C=O) groups excluding carboxylic acids is 2. The van der Waals surface area contributed by atoms with E-state index in [1.54, 1.807) is 0 Å². The van der Waals surface area contributed by atoms with Crippen molar-refractivity contribution < 1.29 is 27.5 Å². The largest absolute Gasteiger partial charge is 0.412 e. The summed E-state index contributed by atoms with van der Waals surface area (Å²) in [6, 6.07) is -0.441. The molecule has 0 bridgehead atoms. The molecule has 9 heteroatoms. The van der Waals surface area contributed by atoms with Gasteiger partial charge in [-0.25, -0.2) is 4.79 Å². The summed E-state index contributed by atoms with van der Waals surface area (Å²) < 4.78 is 42.8. The fourth-order valence-corrected chi connectivity index (χ4v) is 2.49. The SMILES string of the molecule is NC(=O)C1CCC(CNC(=O)N2CC=C(C(F)(F)F)CC2)O1. The van der Waals surface area contributed by atoms with Gasteiger partial charge in [0.15, 0.2) is 0 Å². The topological polar surface area (TPSA) is 84.7 Å². The number of amides is 3.